The van der Waals surface area contributed by atoms with Crippen LogP contribution in [0.15, 0.2) is 58.2 Å². The molecule has 0 N–H and O–H groups in total. The van der Waals surface area contributed by atoms with E-state index in [4.69, 9.17) is 9.15 Å². The predicted octanol–water partition coefficient (Wildman–Crippen LogP) is 4.66. The largest absolute Gasteiger partial charge is 0.496 e. The fourth-order valence-electron chi connectivity index (χ4n) is 2.39. The van der Waals surface area contributed by atoms with Gasteiger partial charge in [-0.2, -0.15) is 0 Å². The van der Waals surface area contributed by atoms with E-state index in [9.17, 15) is 4.39 Å². The molecule has 0 saturated carbocycles. The number of para-hydroxylation sites is 1. The van der Waals surface area contributed by atoms with Crippen LogP contribution in [0.2, 0.25) is 0 Å². The van der Waals surface area contributed by atoms with E-state index in [1.165, 1.54) is 17.8 Å². The molecule has 1 atom stereocenters. The van der Waals surface area contributed by atoms with Crippen LogP contribution in [0.4, 0.5) is 4.39 Å². The molecule has 3 rings (SSSR count). The Bertz CT molecular complexity index is 822. The first-order valence-corrected chi connectivity index (χ1v) is 8.40. The van der Waals surface area contributed by atoms with Crippen molar-refractivity contribution in [2.24, 2.45) is 0 Å². The van der Waals surface area contributed by atoms with Crippen LogP contribution in [0.1, 0.15) is 29.2 Å². The molecular formula is C18H17FN2O2S. The van der Waals surface area contributed by atoms with Gasteiger partial charge in [0.1, 0.15) is 11.6 Å². The summed E-state index contributed by atoms with van der Waals surface area (Å²) in [6.07, 6.45) is 0.492. The number of nitrogens with zero attached hydrogens (tertiary/aromatic N) is 2. The fraction of sp³-hybridized carbons (Fsp3) is 0.222. The molecule has 3 aromatic rings. The highest BCUT2D eigenvalue weighted by Gasteiger charge is 2.16. The maximum Gasteiger partial charge on any atom is 0.277 e. The minimum Gasteiger partial charge on any atom is -0.496 e. The SMILES string of the molecule is COc1ccccc1Cc1nnc(SC(C)c2ccccc2F)o1. The van der Waals surface area contributed by atoms with Crippen LogP contribution >= 0.6 is 11.8 Å². The molecule has 4 nitrogen and oxygen atoms in total. The number of benzene rings is 2. The second-order valence-corrected chi connectivity index (χ2v) is 6.52. The summed E-state index contributed by atoms with van der Waals surface area (Å²) < 4.78 is 24.8. The molecule has 1 heterocycles. The Morgan fingerprint density at radius 2 is 1.88 bits per heavy atom. The van der Waals surface area contributed by atoms with Gasteiger partial charge < -0.3 is 9.15 Å². The normalized spacial score (nSPS) is 12.1. The lowest BCUT2D eigenvalue weighted by molar-refractivity contribution is 0.400. The van der Waals surface area contributed by atoms with Crippen LogP contribution < -0.4 is 4.74 Å². The number of aromatic nitrogens is 2. The summed E-state index contributed by atoms with van der Waals surface area (Å²) >= 11 is 1.34. The molecule has 0 bridgehead atoms. The van der Waals surface area contributed by atoms with Crippen molar-refractivity contribution in [1.82, 2.24) is 10.2 Å². The first kappa shape index (κ1) is 16.5. The Morgan fingerprint density at radius 3 is 2.67 bits per heavy atom. The van der Waals surface area contributed by atoms with E-state index in [0.717, 1.165) is 11.3 Å². The Hall–Kier alpha value is -2.34. The second kappa shape index (κ2) is 7.49. The van der Waals surface area contributed by atoms with Crippen molar-refractivity contribution in [2.75, 3.05) is 7.11 Å². The maximum atomic E-state index is 13.8. The molecule has 6 heteroatoms. The fourth-order valence-corrected chi connectivity index (χ4v) is 3.24. The first-order chi connectivity index (χ1) is 11.7. The Morgan fingerprint density at radius 1 is 1.12 bits per heavy atom. The highest BCUT2D eigenvalue weighted by atomic mass is 32.2. The van der Waals surface area contributed by atoms with Gasteiger partial charge in [0.25, 0.3) is 5.22 Å². The third-order valence-electron chi connectivity index (χ3n) is 3.60. The van der Waals surface area contributed by atoms with E-state index < -0.39 is 0 Å². The lowest BCUT2D eigenvalue weighted by Crippen LogP contribution is -1.93. The average Bonchev–Trinajstić information content (AvgIpc) is 3.02. The molecule has 0 aliphatic heterocycles. The molecule has 124 valence electrons. The van der Waals surface area contributed by atoms with Crippen LogP contribution in [0.3, 0.4) is 0 Å². The summed E-state index contributed by atoms with van der Waals surface area (Å²) in [4.78, 5) is 0. The van der Waals surface area contributed by atoms with Gasteiger partial charge in [-0.3, -0.25) is 0 Å². The van der Waals surface area contributed by atoms with Gasteiger partial charge in [0.15, 0.2) is 0 Å². The lowest BCUT2D eigenvalue weighted by Gasteiger charge is -2.09. The molecule has 0 fully saturated rings. The molecule has 24 heavy (non-hydrogen) atoms. The number of rotatable bonds is 6. The van der Waals surface area contributed by atoms with Gasteiger partial charge in [-0.1, -0.05) is 48.2 Å². The molecule has 0 radical (unpaired) electrons. The average molecular weight is 344 g/mol. The van der Waals surface area contributed by atoms with Crippen molar-refractivity contribution >= 4 is 11.8 Å². The van der Waals surface area contributed by atoms with Crippen molar-refractivity contribution in [3.8, 4) is 5.75 Å². The van der Waals surface area contributed by atoms with Crippen molar-refractivity contribution in [1.29, 1.82) is 0 Å². The number of hydrogen-bond acceptors (Lipinski definition) is 5. The number of ether oxygens (including phenoxy) is 1. The minimum atomic E-state index is -0.230. The third-order valence-corrected chi connectivity index (χ3v) is 4.58. The van der Waals surface area contributed by atoms with Gasteiger partial charge in [-0.05, 0) is 19.1 Å². The molecule has 2 aromatic carbocycles. The topological polar surface area (TPSA) is 48.2 Å². The van der Waals surface area contributed by atoms with Gasteiger partial charge in [-0.15, -0.1) is 10.2 Å². The van der Waals surface area contributed by atoms with Crippen molar-refractivity contribution < 1.29 is 13.5 Å². The molecule has 0 aliphatic carbocycles. The highest BCUT2D eigenvalue weighted by Crippen LogP contribution is 2.35. The molecule has 0 aliphatic rings. The molecular weight excluding hydrogens is 327 g/mol. The van der Waals surface area contributed by atoms with E-state index in [2.05, 4.69) is 10.2 Å². The van der Waals surface area contributed by atoms with Crippen LogP contribution in [-0.2, 0) is 6.42 Å². The number of methoxy groups -OCH3 is 1. The summed E-state index contributed by atoms with van der Waals surface area (Å²) in [6, 6.07) is 14.4. The van der Waals surface area contributed by atoms with Crippen molar-refractivity contribution in [2.45, 2.75) is 23.8 Å². The molecule has 0 saturated heterocycles. The molecule has 0 spiro atoms. The molecule has 1 unspecified atom stereocenters. The third kappa shape index (κ3) is 3.76. The van der Waals surface area contributed by atoms with Gasteiger partial charge in [0.05, 0.1) is 13.5 Å². The van der Waals surface area contributed by atoms with Crippen LogP contribution in [-0.4, -0.2) is 17.3 Å². The minimum absolute atomic E-state index is 0.120. The second-order valence-electron chi connectivity index (χ2n) is 5.23. The van der Waals surface area contributed by atoms with Crippen LogP contribution in [0, 0.1) is 5.82 Å². The van der Waals surface area contributed by atoms with Crippen LogP contribution in [0.5, 0.6) is 5.75 Å². The highest BCUT2D eigenvalue weighted by molar-refractivity contribution is 7.99. The van der Waals surface area contributed by atoms with Gasteiger partial charge in [0, 0.05) is 16.4 Å². The summed E-state index contributed by atoms with van der Waals surface area (Å²) in [5.74, 6) is 1.05. The zero-order chi connectivity index (χ0) is 16.9. The van der Waals surface area contributed by atoms with E-state index in [0.29, 0.717) is 23.1 Å². The van der Waals surface area contributed by atoms with Gasteiger partial charge in [-0.25, -0.2) is 4.39 Å². The zero-order valence-corrected chi connectivity index (χ0v) is 14.2. The Kier molecular flexibility index (Phi) is 5.15. The summed E-state index contributed by atoms with van der Waals surface area (Å²) in [5, 5.41) is 8.42. The first-order valence-electron chi connectivity index (χ1n) is 7.52. The summed E-state index contributed by atoms with van der Waals surface area (Å²) in [7, 11) is 1.63. The quantitative estimate of drug-likeness (QED) is 0.609. The van der Waals surface area contributed by atoms with Crippen molar-refractivity contribution in [3.05, 3.63) is 71.4 Å². The van der Waals surface area contributed by atoms with Gasteiger partial charge >= 0.3 is 0 Å². The van der Waals surface area contributed by atoms with E-state index in [1.54, 1.807) is 19.2 Å². The number of thioether (sulfide) groups is 1. The smallest absolute Gasteiger partial charge is 0.277 e. The lowest BCUT2D eigenvalue weighted by atomic mass is 10.1. The molecule has 1 aromatic heterocycles. The molecule has 0 amide bonds. The monoisotopic (exact) mass is 344 g/mol. The number of halogens is 1. The maximum absolute atomic E-state index is 13.8. The zero-order valence-electron chi connectivity index (χ0n) is 13.4. The Balaban J connectivity index is 1.71. The van der Waals surface area contributed by atoms with Crippen molar-refractivity contribution in [3.63, 3.8) is 0 Å². The van der Waals surface area contributed by atoms with E-state index in [-0.39, 0.29) is 11.1 Å². The Labute approximate surface area is 144 Å². The standard InChI is InChI=1S/C18H17FN2O2S/c1-12(14-8-4-5-9-15(14)19)24-18-21-20-17(23-18)11-13-7-3-6-10-16(13)22-2/h3-10,12H,11H2,1-2H3. The van der Waals surface area contributed by atoms with Gasteiger partial charge in [0.2, 0.25) is 5.89 Å². The van der Waals surface area contributed by atoms with E-state index in [1.807, 2.05) is 37.3 Å². The summed E-state index contributed by atoms with van der Waals surface area (Å²) in [6.45, 7) is 1.91. The van der Waals surface area contributed by atoms with Crippen LogP contribution in [0.25, 0.3) is 0 Å². The summed E-state index contributed by atoms with van der Waals surface area (Å²) in [5.41, 5.74) is 1.59. The predicted molar refractivity (Wildman–Crippen MR) is 90.8 cm³/mol. The van der Waals surface area contributed by atoms with E-state index >= 15 is 0 Å². The number of hydrogen-bond donors (Lipinski definition) is 0.